The maximum Gasteiger partial charge on any atom is 0.238 e. The lowest BCUT2D eigenvalue weighted by Gasteiger charge is -2.57. The van der Waals surface area contributed by atoms with E-state index >= 15 is 0 Å². The predicted octanol–water partition coefficient (Wildman–Crippen LogP) is 3.32. The first kappa shape index (κ1) is 14.2. The topological polar surface area (TPSA) is 41.1 Å². The molecule has 4 aliphatic carbocycles. The van der Waals surface area contributed by atoms with Gasteiger partial charge in [0.1, 0.15) is 5.82 Å². The first-order valence-corrected chi connectivity index (χ1v) is 8.41. The fourth-order valence-corrected chi connectivity index (χ4v) is 5.33. The number of nitrogens with one attached hydrogen (secondary N) is 2. The Bertz CT molecular complexity index is 534. The SMILES string of the molecule is O=C(CNC12CC3CC(CC(C3)C1)C2)Nc1ccc(F)cc1. The number of carbonyl (C=O) groups excluding carboxylic acids is 1. The molecule has 4 bridgehead atoms. The average molecular weight is 302 g/mol. The predicted molar refractivity (Wildman–Crippen MR) is 83.9 cm³/mol. The molecule has 0 spiro atoms. The van der Waals surface area contributed by atoms with Gasteiger partial charge in [-0.05, 0) is 80.5 Å². The third-order valence-electron chi connectivity index (χ3n) is 5.79. The van der Waals surface area contributed by atoms with E-state index in [0.29, 0.717) is 12.2 Å². The van der Waals surface area contributed by atoms with Gasteiger partial charge < -0.3 is 10.6 Å². The largest absolute Gasteiger partial charge is 0.325 e. The van der Waals surface area contributed by atoms with Gasteiger partial charge in [-0.2, -0.15) is 0 Å². The molecule has 1 amide bonds. The van der Waals surface area contributed by atoms with Crippen LogP contribution >= 0.6 is 0 Å². The van der Waals surface area contributed by atoms with Crippen molar-refractivity contribution in [3.05, 3.63) is 30.1 Å². The van der Waals surface area contributed by atoms with Gasteiger partial charge in [-0.25, -0.2) is 4.39 Å². The first-order valence-electron chi connectivity index (χ1n) is 8.41. The number of anilines is 1. The van der Waals surface area contributed by atoms with E-state index in [9.17, 15) is 9.18 Å². The van der Waals surface area contributed by atoms with E-state index < -0.39 is 0 Å². The Morgan fingerprint density at radius 1 is 1.05 bits per heavy atom. The van der Waals surface area contributed by atoms with Crippen LogP contribution in [0.25, 0.3) is 0 Å². The van der Waals surface area contributed by atoms with Crippen molar-refractivity contribution in [2.24, 2.45) is 17.8 Å². The van der Waals surface area contributed by atoms with Crippen molar-refractivity contribution in [2.45, 2.75) is 44.1 Å². The van der Waals surface area contributed by atoms with Crippen molar-refractivity contribution in [3.8, 4) is 0 Å². The van der Waals surface area contributed by atoms with E-state index in [1.807, 2.05) is 0 Å². The molecule has 0 aliphatic heterocycles. The third-order valence-corrected chi connectivity index (χ3v) is 5.79. The molecule has 0 saturated heterocycles. The van der Waals surface area contributed by atoms with Crippen LogP contribution in [0.5, 0.6) is 0 Å². The lowest BCUT2D eigenvalue weighted by molar-refractivity contribution is -0.116. The van der Waals surface area contributed by atoms with Crippen LogP contribution in [0.3, 0.4) is 0 Å². The Hall–Kier alpha value is -1.42. The standard InChI is InChI=1S/C18H23FN2O/c19-15-1-3-16(4-2-15)21-17(22)11-20-18-8-12-5-13(9-18)7-14(6-12)10-18/h1-4,12-14,20H,5-11H2,(H,21,22). The number of benzene rings is 1. The normalized spacial score (nSPS) is 35.6. The van der Waals surface area contributed by atoms with Gasteiger partial charge in [0.05, 0.1) is 6.54 Å². The number of halogens is 1. The van der Waals surface area contributed by atoms with Crippen LogP contribution in [0.2, 0.25) is 0 Å². The molecule has 0 unspecified atom stereocenters. The van der Waals surface area contributed by atoms with Gasteiger partial charge in [0.2, 0.25) is 5.91 Å². The molecule has 2 N–H and O–H groups in total. The Labute approximate surface area is 130 Å². The van der Waals surface area contributed by atoms with E-state index in [1.54, 1.807) is 12.1 Å². The summed E-state index contributed by atoms with van der Waals surface area (Å²) < 4.78 is 12.9. The fourth-order valence-electron chi connectivity index (χ4n) is 5.33. The van der Waals surface area contributed by atoms with Crippen LogP contribution in [-0.4, -0.2) is 18.0 Å². The van der Waals surface area contributed by atoms with Crippen LogP contribution in [0, 0.1) is 23.6 Å². The van der Waals surface area contributed by atoms with Gasteiger partial charge in [0, 0.05) is 11.2 Å². The summed E-state index contributed by atoms with van der Waals surface area (Å²) in [5.41, 5.74) is 0.855. The van der Waals surface area contributed by atoms with E-state index in [4.69, 9.17) is 0 Å². The molecule has 1 aromatic carbocycles. The van der Waals surface area contributed by atoms with Gasteiger partial charge >= 0.3 is 0 Å². The van der Waals surface area contributed by atoms with Crippen LogP contribution in [0.1, 0.15) is 38.5 Å². The second-order valence-corrected chi connectivity index (χ2v) is 7.61. The van der Waals surface area contributed by atoms with Crippen LogP contribution in [-0.2, 0) is 4.79 Å². The van der Waals surface area contributed by atoms with E-state index in [2.05, 4.69) is 10.6 Å². The van der Waals surface area contributed by atoms with Crippen LogP contribution in [0.4, 0.5) is 10.1 Å². The van der Waals surface area contributed by atoms with Crippen LogP contribution in [0.15, 0.2) is 24.3 Å². The summed E-state index contributed by atoms with van der Waals surface area (Å²) in [5.74, 6) is 2.30. The Morgan fingerprint density at radius 3 is 2.14 bits per heavy atom. The maximum absolute atomic E-state index is 12.9. The number of hydrogen-bond donors (Lipinski definition) is 2. The van der Waals surface area contributed by atoms with Gasteiger partial charge in [-0.3, -0.25) is 4.79 Å². The molecular formula is C18H23FN2O. The van der Waals surface area contributed by atoms with E-state index in [1.165, 1.54) is 50.7 Å². The van der Waals surface area contributed by atoms with Crippen molar-refractivity contribution in [1.29, 1.82) is 0 Å². The van der Waals surface area contributed by atoms with Crippen molar-refractivity contribution in [2.75, 3.05) is 11.9 Å². The molecule has 4 saturated carbocycles. The molecule has 0 aromatic heterocycles. The highest BCUT2D eigenvalue weighted by atomic mass is 19.1. The first-order chi connectivity index (χ1) is 10.6. The minimum atomic E-state index is -0.287. The number of rotatable bonds is 4. The number of amides is 1. The van der Waals surface area contributed by atoms with Gasteiger partial charge in [0.15, 0.2) is 0 Å². The summed E-state index contributed by atoms with van der Waals surface area (Å²) in [5, 5.41) is 6.41. The summed E-state index contributed by atoms with van der Waals surface area (Å²) in [6.07, 6.45) is 7.93. The quantitative estimate of drug-likeness (QED) is 0.896. The zero-order valence-electron chi connectivity index (χ0n) is 12.8. The Morgan fingerprint density at radius 2 is 1.59 bits per heavy atom. The van der Waals surface area contributed by atoms with Gasteiger partial charge in [-0.1, -0.05) is 0 Å². The van der Waals surface area contributed by atoms with Crippen molar-refractivity contribution < 1.29 is 9.18 Å². The molecule has 118 valence electrons. The molecule has 3 nitrogen and oxygen atoms in total. The molecule has 4 aliphatic rings. The highest BCUT2D eigenvalue weighted by Gasteiger charge is 2.50. The fraction of sp³-hybridized carbons (Fsp3) is 0.611. The molecule has 0 atom stereocenters. The van der Waals surface area contributed by atoms with E-state index in [0.717, 1.165) is 17.8 Å². The Balaban J connectivity index is 1.34. The van der Waals surface area contributed by atoms with Crippen molar-refractivity contribution in [1.82, 2.24) is 5.32 Å². The monoisotopic (exact) mass is 302 g/mol. The summed E-state index contributed by atoms with van der Waals surface area (Å²) in [6.45, 7) is 0.351. The van der Waals surface area contributed by atoms with Crippen LogP contribution < -0.4 is 10.6 Å². The highest BCUT2D eigenvalue weighted by Crippen LogP contribution is 2.55. The number of carbonyl (C=O) groups is 1. The lowest BCUT2D eigenvalue weighted by atomic mass is 9.53. The zero-order chi connectivity index (χ0) is 15.2. The van der Waals surface area contributed by atoms with Gasteiger partial charge in [0.25, 0.3) is 0 Å². The second kappa shape index (κ2) is 5.34. The molecule has 0 radical (unpaired) electrons. The lowest BCUT2D eigenvalue weighted by Crippen LogP contribution is -2.59. The number of hydrogen-bond acceptors (Lipinski definition) is 2. The third kappa shape index (κ3) is 2.76. The van der Waals surface area contributed by atoms with E-state index in [-0.39, 0.29) is 17.3 Å². The molecular weight excluding hydrogens is 279 g/mol. The van der Waals surface area contributed by atoms with Crippen molar-refractivity contribution in [3.63, 3.8) is 0 Å². The zero-order valence-corrected chi connectivity index (χ0v) is 12.8. The smallest absolute Gasteiger partial charge is 0.238 e. The molecule has 22 heavy (non-hydrogen) atoms. The molecule has 4 fully saturated rings. The summed E-state index contributed by atoms with van der Waals surface area (Å²) >= 11 is 0. The molecule has 5 rings (SSSR count). The molecule has 4 heteroatoms. The van der Waals surface area contributed by atoms with Gasteiger partial charge in [-0.15, -0.1) is 0 Å². The minimum Gasteiger partial charge on any atom is -0.325 e. The Kier molecular flexibility index (Phi) is 3.44. The molecule has 0 heterocycles. The maximum atomic E-state index is 12.9. The summed E-state index contributed by atoms with van der Waals surface area (Å²) in [6, 6.07) is 5.92. The minimum absolute atomic E-state index is 0.0395. The second-order valence-electron chi connectivity index (χ2n) is 7.61. The highest BCUT2D eigenvalue weighted by molar-refractivity contribution is 5.92. The summed E-state index contributed by atoms with van der Waals surface area (Å²) in [7, 11) is 0. The molecule has 1 aromatic rings. The van der Waals surface area contributed by atoms with Crippen molar-refractivity contribution >= 4 is 11.6 Å². The summed E-state index contributed by atoms with van der Waals surface area (Å²) in [4.78, 5) is 12.1. The average Bonchev–Trinajstić information content (AvgIpc) is 2.46.